The predicted octanol–water partition coefficient (Wildman–Crippen LogP) is 5.14. The van der Waals surface area contributed by atoms with E-state index in [9.17, 15) is 0 Å². The molecule has 4 heterocycles. The largest absolute Gasteiger partial charge is 0.359 e. The average molecular weight is 714 g/mol. The van der Waals surface area contributed by atoms with Gasteiger partial charge in [-0.05, 0) is 63.7 Å². The van der Waals surface area contributed by atoms with Crippen molar-refractivity contribution < 1.29 is 4.74 Å². The lowest BCUT2D eigenvalue weighted by Crippen LogP contribution is -2.22. The number of fused-ring (bicyclic) bond motifs is 2. The molecule has 0 amide bonds. The molecular formula is C18H24I2N8OS2Si. The highest BCUT2D eigenvalue weighted by atomic mass is 127. The molecule has 0 spiro atoms. The van der Waals surface area contributed by atoms with Gasteiger partial charge >= 0.3 is 0 Å². The van der Waals surface area contributed by atoms with Crippen LogP contribution in [0.1, 0.15) is 0 Å². The van der Waals surface area contributed by atoms with Crippen LogP contribution in [0.15, 0.2) is 22.7 Å². The number of nitrogens with zero attached hydrogens (tertiary/aromatic N) is 7. The van der Waals surface area contributed by atoms with Gasteiger partial charge in [-0.2, -0.15) is 10.2 Å². The van der Waals surface area contributed by atoms with Gasteiger partial charge in [0.2, 0.25) is 0 Å². The third kappa shape index (κ3) is 6.97. The van der Waals surface area contributed by atoms with Crippen LogP contribution in [-0.2, 0) is 11.5 Å². The monoisotopic (exact) mass is 714 g/mol. The Balaban J connectivity index is 0.000000204. The molecule has 0 unspecified atom stereocenters. The number of rotatable bonds is 7. The van der Waals surface area contributed by atoms with Crippen molar-refractivity contribution in [2.45, 2.75) is 42.7 Å². The highest BCUT2D eigenvalue weighted by Crippen LogP contribution is 2.20. The Hall–Kier alpha value is -0.563. The molecule has 0 aliphatic rings. The summed E-state index contributed by atoms with van der Waals surface area (Å²) >= 11 is 7.43. The third-order valence-corrected chi connectivity index (χ3v) is 8.69. The maximum atomic E-state index is 5.76. The average Bonchev–Trinajstić information content (AvgIpc) is 3.30. The molecule has 9 nitrogen and oxygen atoms in total. The number of aromatic amines is 1. The first kappa shape index (κ1) is 26.0. The number of nitrogens with one attached hydrogen (secondary N) is 1. The van der Waals surface area contributed by atoms with E-state index >= 15 is 0 Å². The molecule has 4 aromatic heterocycles. The molecule has 1 N–H and O–H groups in total. The summed E-state index contributed by atoms with van der Waals surface area (Å²) in [6.07, 6.45) is 7.54. The van der Waals surface area contributed by atoms with Gasteiger partial charge in [0.15, 0.2) is 21.6 Å². The molecule has 0 saturated heterocycles. The summed E-state index contributed by atoms with van der Waals surface area (Å²) < 4.78 is 9.47. The fraction of sp³-hybridized carbons (Fsp3) is 0.444. The Bertz CT molecular complexity index is 1200. The van der Waals surface area contributed by atoms with Crippen LogP contribution in [0.4, 0.5) is 0 Å². The lowest BCUT2D eigenvalue weighted by molar-refractivity contribution is 0.0809. The van der Waals surface area contributed by atoms with Crippen LogP contribution in [0.3, 0.4) is 0 Å². The van der Waals surface area contributed by atoms with Crippen molar-refractivity contribution in [3.63, 3.8) is 0 Å². The van der Waals surface area contributed by atoms with Gasteiger partial charge in [0.1, 0.15) is 14.1 Å². The number of thioether (sulfide) groups is 2. The first-order chi connectivity index (χ1) is 15.2. The molecule has 0 aromatic carbocycles. The van der Waals surface area contributed by atoms with Crippen LogP contribution in [0.5, 0.6) is 0 Å². The van der Waals surface area contributed by atoms with Crippen LogP contribution in [0.25, 0.3) is 22.1 Å². The Kier molecular flexibility index (Phi) is 9.54. The van der Waals surface area contributed by atoms with Gasteiger partial charge in [0.05, 0.1) is 10.8 Å². The SMILES string of the molecule is CSc1ncc2c(I)[nH]nc2n1.CSc1ncc2c(I)nn(COCC[Si](C)(C)C)c2n1. The minimum Gasteiger partial charge on any atom is -0.359 e. The van der Waals surface area contributed by atoms with Crippen molar-refractivity contribution >= 4 is 98.8 Å². The second kappa shape index (κ2) is 11.7. The van der Waals surface area contributed by atoms with E-state index in [-0.39, 0.29) is 0 Å². The second-order valence-electron chi connectivity index (χ2n) is 7.86. The normalized spacial score (nSPS) is 11.7. The van der Waals surface area contributed by atoms with E-state index in [0.717, 1.165) is 52.4 Å². The van der Waals surface area contributed by atoms with Gasteiger partial charge < -0.3 is 4.74 Å². The van der Waals surface area contributed by atoms with E-state index in [1.165, 1.54) is 23.5 Å². The molecule has 4 rings (SSSR count). The van der Waals surface area contributed by atoms with E-state index in [1.807, 2.05) is 23.4 Å². The quantitative estimate of drug-likeness (QED) is 0.0916. The molecule has 0 fully saturated rings. The standard InChI is InChI=1S/C12H19IN4OSSi.C6H5IN4S/c1-19-12-14-7-9-10(13)16-17(11(9)15-12)8-18-5-6-20(2,3)4;1-12-6-8-2-3-4(7)10-11-5(3)9-6/h7H,5-6,8H2,1-4H3;2H,1H3,(H,8,9,10,11). The number of H-pyrrole nitrogens is 1. The van der Waals surface area contributed by atoms with Gasteiger partial charge in [-0.3, -0.25) is 5.10 Å². The topological polar surface area (TPSA) is 107 Å². The molecular weight excluding hydrogens is 690 g/mol. The zero-order chi connectivity index (χ0) is 23.3. The van der Waals surface area contributed by atoms with E-state index in [4.69, 9.17) is 4.74 Å². The van der Waals surface area contributed by atoms with E-state index in [0.29, 0.717) is 6.73 Å². The van der Waals surface area contributed by atoms with Gasteiger partial charge in [0, 0.05) is 27.1 Å². The summed E-state index contributed by atoms with van der Waals surface area (Å²) in [5.74, 6) is 0. The van der Waals surface area contributed by atoms with Crippen LogP contribution in [-0.4, -0.2) is 67.1 Å². The molecule has 4 aromatic rings. The maximum absolute atomic E-state index is 5.76. The van der Waals surface area contributed by atoms with Crippen LogP contribution in [0, 0.1) is 7.40 Å². The summed E-state index contributed by atoms with van der Waals surface area (Å²) in [5.41, 5.74) is 1.58. The molecule has 0 bridgehead atoms. The second-order valence-corrected chi connectivity index (χ2v) is 17.1. The molecule has 14 heteroatoms. The Morgan fingerprint density at radius 3 is 2.34 bits per heavy atom. The highest BCUT2D eigenvalue weighted by molar-refractivity contribution is 14.1. The van der Waals surface area contributed by atoms with Gasteiger partial charge in [-0.15, -0.1) is 0 Å². The van der Waals surface area contributed by atoms with E-state index < -0.39 is 8.07 Å². The highest BCUT2D eigenvalue weighted by Gasteiger charge is 2.14. The number of aromatic nitrogens is 8. The number of hydrogen-bond acceptors (Lipinski definition) is 9. The third-order valence-electron chi connectivity index (χ3n) is 4.24. The molecule has 0 aliphatic heterocycles. The summed E-state index contributed by atoms with van der Waals surface area (Å²) in [4.78, 5) is 17.2. The molecule has 172 valence electrons. The molecule has 32 heavy (non-hydrogen) atoms. The number of halogens is 2. The van der Waals surface area contributed by atoms with Crippen molar-refractivity contribution in [1.82, 2.24) is 39.9 Å². The van der Waals surface area contributed by atoms with Crippen LogP contribution >= 0.6 is 68.7 Å². The Morgan fingerprint density at radius 1 is 1.03 bits per heavy atom. The van der Waals surface area contributed by atoms with Crippen LogP contribution < -0.4 is 0 Å². The van der Waals surface area contributed by atoms with Crippen molar-refractivity contribution in [3.05, 3.63) is 19.8 Å². The number of ether oxygens (including phenoxy) is 1. The zero-order valence-corrected chi connectivity index (χ0v) is 25.3. The molecule has 0 aliphatic carbocycles. The van der Waals surface area contributed by atoms with E-state index in [2.05, 4.69) is 100 Å². The zero-order valence-electron chi connectivity index (χ0n) is 18.4. The Morgan fingerprint density at radius 2 is 1.69 bits per heavy atom. The van der Waals surface area contributed by atoms with Crippen molar-refractivity contribution in [3.8, 4) is 0 Å². The van der Waals surface area contributed by atoms with Gasteiger partial charge in [-0.1, -0.05) is 43.2 Å². The summed E-state index contributed by atoms with van der Waals surface area (Å²) in [5, 5.41) is 14.8. The summed E-state index contributed by atoms with van der Waals surface area (Å²) in [6, 6.07) is 1.16. The fourth-order valence-corrected chi connectivity index (χ4v) is 5.05. The first-order valence-corrected chi connectivity index (χ1v) is 17.9. The minimum absolute atomic E-state index is 0.453. The van der Waals surface area contributed by atoms with Crippen LogP contribution in [0.2, 0.25) is 25.7 Å². The molecule has 0 radical (unpaired) electrons. The number of hydrogen-bond donors (Lipinski definition) is 1. The van der Waals surface area contributed by atoms with Gasteiger partial charge in [0.25, 0.3) is 0 Å². The van der Waals surface area contributed by atoms with E-state index in [1.54, 1.807) is 6.20 Å². The molecule has 0 atom stereocenters. The van der Waals surface area contributed by atoms with Crippen molar-refractivity contribution in [2.75, 3.05) is 19.1 Å². The summed E-state index contributed by atoms with van der Waals surface area (Å²) in [7, 11) is -1.04. The fourth-order valence-electron chi connectivity index (χ4n) is 2.48. The predicted molar refractivity (Wildman–Crippen MR) is 150 cm³/mol. The molecule has 0 saturated carbocycles. The first-order valence-electron chi connectivity index (χ1n) is 9.63. The van der Waals surface area contributed by atoms with Gasteiger partial charge in [-0.25, -0.2) is 24.6 Å². The maximum Gasteiger partial charge on any atom is 0.189 e. The smallest absolute Gasteiger partial charge is 0.189 e. The summed E-state index contributed by atoms with van der Waals surface area (Å²) in [6.45, 7) is 8.28. The lowest BCUT2D eigenvalue weighted by atomic mass is 10.4. The minimum atomic E-state index is -1.04. The lowest BCUT2D eigenvalue weighted by Gasteiger charge is -2.15. The van der Waals surface area contributed by atoms with Crippen molar-refractivity contribution in [2.24, 2.45) is 0 Å². The van der Waals surface area contributed by atoms with Crippen molar-refractivity contribution in [1.29, 1.82) is 0 Å². The Labute approximate surface area is 223 Å².